The molecule has 3 rings (SSSR count). The topological polar surface area (TPSA) is 70.5 Å². The number of piperidine rings is 1. The fourth-order valence-corrected chi connectivity index (χ4v) is 3.19. The van der Waals surface area contributed by atoms with Gasteiger partial charge in [-0.05, 0) is 51.3 Å². The molecule has 1 aliphatic rings. The van der Waals surface area contributed by atoms with Crippen LogP contribution < -0.4 is 0 Å². The molecular formula is C18H20N2O3. The number of carboxylic acids is 1. The van der Waals surface area contributed by atoms with Crippen LogP contribution in [0, 0.1) is 13.8 Å². The van der Waals surface area contributed by atoms with Crippen molar-refractivity contribution in [3.05, 3.63) is 41.1 Å². The number of likely N-dealkylation sites (tertiary alicyclic amines) is 1. The van der Waals surface area contributed by atoms with Crippen LogP contribution in [0.2, 0.25) is 0 Å². The Morgan fingerprint density at radius 3 is 2.74 bits per heavy atom. The summed E-state index contributed by atoms with van der Waals surface area (Å²) in [7, 11) is 0. The fourth-order valence-electron chi connectivity index (χ4n) is 3.19. The van der Waals surface area contributed by atoms with E-state index in [-0.39, 0.29) is 5.91 Å². The number of aliphatic carboxylic acids is 1. The summed E-state index contributed by atoms with van der Waals surface area (Å²) in [5.74, 6) is -1.16. The number of pyridine rings is 1. The first-order valence-electron chi connectivity index (χ1n) is 7.89. The minimum Gasteiger partial charge on any atom is -0.480 e. The van der Waals surface area contributed by atoms with Crippen molar-refractivity contribution in [2.24, 2.45) is 0 Å². The zero-order valence-corrected chi connectivity index (χ0v) is 13.4. The van der Waals surface area contributed by atoms with Gasteiger partial charge in [-0.25, -0.2) is 4.79 Å². The lowest BCUT2D eigenvalue weighted by Crippen LogP contribution is -2.48. The van der Waals surface area contributed by atoms with Gasteiger partial charge in [0.15, 0.2) is 0 Å². The van der Waals surface area contributed by atoms with Gasteiger partial charge in [0.25, 0.3) is 5.91 Å². The second-order valence-corrected chi connectivity index (χ2v) is 6.17. The van der Waals surface area contributed by atoms with Gasteiger partial charge in [-0.15, -0.1) is 0 Å². The Labute approximate surface area is 134 Å². The molecule has 1 aromatic heterocycles. The smallest absolute Gasteiger partial charge is 0.326 e. The number of aryl methyl sites for hydroxylation is 2. The summed E-state index contributed by atoms with van der Waals surface area (Å²) >= 11 is 0. The van der Waals surface area contributed by atoms with Crippen LogP contribution in [0.4, 0.5) is 0 Å². The van der Waals surface area contributed by atoms with Crippen LogP contribution in [0.15, 0.2) is 24.3 Å². The average molecular weight is 312 g/mol. The number of rotatable bonds is 2. The van der Waals surface area contributed by atoms with Gasteiger partial charge in [0, 0.05) is 11.9 Å². The number of carbonyl (C=O) groups is 2. The minimum absolute atomic E-state index is 0.231. The van der Waals surface area contributed by atoms with Gasteiger partial charge in [0.1, 0.15) is 6.04 Å². The largest absolute Gasteiger partial charge is 0.480 e. The maximum absolute atomic E-state index is 12.9. The second-order valence-electron chi connectivity index (χ2n) is 6.17. The summed E-state index contributed by atoms with van der Waals surface area (Å²) < 4.78 is 0. The number of benzene rings is 1. The van der Waals surface area contributed by atoms with Crippen LogP contribution in [0.5, 0.6) is 0 Å². The molecule has 0 unspecified atom stereocenters. The molecule has 2 aromatic rings. The van der Waals surface area contributed by atoms with E-state index >= 15 is 0 Å². The molecule has 1 N–H and O–H groups in total. The van der Waals surface area contributed by atoms with Gasteiger partial charge in [-0.3, -0.25) is 9.78 Å². The van der Waals surface area contributed by atoms with E-state index in [2.05, 4.69) is 4.98 Å². The Kier molecular flexibility index (Phi) is 4.03. The van der Waals surface area contributed by atoms with Crippen molar-refractivity contribution in [3.63, 3.8) is 0 Å². The van der Waals surface area contributed by atoms with Crippen LogP contribution in [-0.4, -0.2) is 39.5 Å². The number of hydrogen-bond acceptors (Lipinski definition) is 3. The molecule has 1 saturated heterocycles. The lowest BCUT2D eigenvalue weighted by atomic mass is 10.00. The minimum atomic E-state index is -0.930. The van der Waals surface area contributed by atoms with Crippen molar-refractivity contribution in [3.8, 4) is 0 Å². The first kappa shape index (κ1) is 15.5. The van der Waals surface area contributed by atoms with Gasteiger partial charge in [0.2, 0.25) is 0 Å². The summed E-state index contributed by atoms with van der Waals surface area (Å²) in [6.07, 6.45) is 2.20. The molecule has 1 aliphatic heterocycles. The predicted molar refractivity (Wildman–Crippen MR) is 87.5 cm³/mol. The molecule has 1 aromatic carbocycles. The Bertz CT molecular complexity index is 785. The first-order valence-corrected chi connectivity index (χ1v) is 7.89. The van der Waals surface area contributed by atoms with Crippen molar-refractivity contribution < 1.29 is 14.7 Å². The number of hydrogen-bond donors (Lipinski definition) is 1. The third-order valence-electron chi connectivity index (χ3n) is 4.44. The first-order chi connectivity index (χ1) is 11.0. The molecule has 5 heteroatoms. The van der Waals surface area contributed by atoms with Crippen LogP contribution in [0.25, 0.3) is 10.9 Å². The summed E-state index contributed by atoms with van der Waals surface area (Å²) in [6.45, 7) is 4.28. The van der Waals surface area contributed by atoms with E-state index in [0.29, 0.717) is 24.2 Å². The Balaban J connectivity index is 2.02. The quantitative estimate of drug-likeness (QED) is 0.925. The van der Waals surface area contributed by atoms with E-state index in [9.17, 15) is 14.7 Å². The molecule has 0 radical (unpaired) electrons. The molecule has 5 nitrogen and oxygen atoms in total. The van der Waals surface area contributed by atoms with Crippen LogP contribution in [0.1, 0.15) is 40.9 Å². The maximum Gasteiger partial charge on any atom is 0.326 e. The molecular weight excluding hydrogens is 292 g/mol. The highest BCUT2D eigenvalue weighted by molar-refractivity contribution is 6.00. The molecule has 23 heavy (non-hydrogen) atoms. The van der Waals surface area contributed by atoms with Crippen LogP contribution in [0.3, 0.4) is 0 Å². The summed E-state index contributed by atoms with van der Waals surface area (Å²) in [4.78, 5) is 30.3. The predicted octanol–water partition coefficient (Wildman–Crippen LogP) is 2.93. The van der Waals surface area contributed by atoms with Gasteiger partial charge in [0.05, 0.1) is 16.8 Å². The highest BCUT2D eigenvalue weighted by Crippen LogP contribution is 2.23. The van der Waals surface area contributed by atoms with Gasteiger partial charge < -0.3 is 10.0 Å². The Hall–Kier alpha value is -2.43. The van der Waals surface area contributed by atoms with E-state index in [4.69, 9.17) is 0 Å². The Morgan fingerprint density at radius 1 is 1.22 bits per heavy atom. The van der Waals surface area contributed by atoms with Crippen molar-refractivity contribution >= 4 is 22.8 Å². The molecule has 1 fully saturated rings. The van der Waals surface area contributed by atoms with E-state index in [1.165, 1.54) is 4.90 Å². The number of nitrogens with zero attached hydrogens (tertiary/aromatic N) is 2. The lowest BCUT2D eigenvalue weighted by molar-refractivity contribution is -0.143. The standard InChI is InChI=1S/C18H20N2O3/c1-11-6-7-15-13(9-11)10-14(12(2)19-15)17(21)20-8-4-3-5-16(20)18(22)23/h6-7,9-10,16H,3-5,8H2,1-2H3,(H,22,23)/t16-/m0/s1. The molecule has 0 spiro atoms. The van der Waals surface area contributed by atoms with Crippen LogP contribution in [-0.2, 0) is 4.79 Å². The van der Waals surface area contributed by atoms with Crippen molar-refractivity contribution in [1.29, 1.82) is 0 Å². The van der Waals surface area contributed by atoms with Gasteiger partial charge in [-0.2, -0.15) is 0 Å². The molecule has 0 bridgehead atoms. The van der Waals surface area contributed by atoms with Gasteiger partial charge >= 0.3 is 5.97 Å². The monoisotopic (exact) mass is 312 g/mol. The van der Waals surface area contributed by atoms with E-state index in [0.717, 1.165) is 29.3 Å². The molecule has 0 saturated carbocycles. The molecule has 120 valence electrons. The zero-order chi connectivity index (χ0) is 16.6. The third-order valence-corrected chi connectivity index (χ3v) is 4.44. The van der Waals surface area contributed by atoms with Crippen molar-refractivity contribution in [2.75, 3.05) is 6.54 Å². The molecule has 1 amide bonds. The van der Waals surface area contributed by atoms with Gasteiger partial charge in [-0.1, -0.05) is 11.6 Å². The SMILES string of the molecule is Cc1ccc2nc(C)c(C(=O)N3CCCC[C@H]3C(=O)O)cc2c1. The summed E-state index contributed by atoms with van der Waals surface area (Å²) in [6, 6.07) is 7.02. The highest BCUT2D eigenvalue weighted by atomic mass is 16.4. The average Bonchev–Trinajstić information content (AvgIpc) is 2.54. The molecule has 2 heterocycles. The fraction of sp³-hybridized carbons (Fsp3) is 0.389. The number of carbonyl (C=O) groups excluding carboxylic acids is 1. The van der Waals surface area contributed by atoms with E-state index in [1.54, 1.807) is 6.92 Å². The summed E-state index contributed by atoms with van der Waals surface area (Å²) in [5, 5.41) is 10.3. The third kappa shape index (κ3) is 2.91. The number of aromatic nitrogens is 1. The molecule has 1 atom stereocenters. The van der Waals surface area contributed by atoms with E-state index < -0.39 is 12.0 Å². The second kappa shape index (κ2) is 5.99. The number of carboxylic acid groups (broad SMARTS) is 1. The zero-order valence-electron chi connectivity index (χ0n) is 13.4. The number of amides is 1. The maximum atomic E-state index is 12.9. The van der Waals surface area contributed by atoms with Crippen molar-refractivity contribution in [1.82, 2.24) is 9.88 Å². The Morgan fingerprint density at radius 2 is 2.00 bits per heavy atom. The highest BCUT2D eigenvalue weighted by Gasteiger charge is 2.33. The van der Waals surface area contributed by atoms with E-state index in [1.807, 2.05) is 31.2 Å². The van der Waals surface area contributed by atoms with Crippen molar-refractivity contribution in [2.45, 2.75) is 39.2 Å². The van der Waals surface area contributed by atoms with Crippen LogP contribution >= 0.6 is 0 Å². The normalized spacial score (nSPS) is 18.2. The number of fused-ring (bicyclic) bond motifs is 1. The lowest BCUT2D eigenvalue weighted by Gasteiger charge is -2.33. The summed E-state index contributed by atoms with van der Waals surface area (Å²) in [5.41, 5.74) is 3.08. The molecule has 0 aliphatic carbocycles.